The summed E-state index contributed by atoms with van der Waals surface area (Å²) in [5, 5.41) is 5.07. The monoisotopic (exact) mass is 385 g/mol. The van der Waals surface area contributed by atoms with Gasteiger partial charge in [-0.05, 0) is 42.5 Å². The summed E-state index contributed by atoms with van der Waals surface area (Å²) in [6.07, 6.45) is 0. The molecule has 8 nitrogen and oxygen atoms in total. The van der Waals surface area contributed by atoms with E-state index in [-0.39, 0.29) is 6.54 Å². The molecule has 0 saturated heterocycles. The van der Waals surface area contributed by atoms with Gasteiger partial charge in [-0.3, -0.25) is 14.4 Å². The molecule has 0 bridgehead atoms. The zero-order valence-electron chi connectivity index (χ0n) is 16.0. The van der Waals surface area contributed by atoms with Crippen molar-refractivity contribution in [2.24, 2.45) is 0 Å². The van der Waals surface area contributed by atoms with Crippen LogP contribution in [0.5, 0.6) is 5.75 Å². The Hall–Kier alpha value is -3.55. The fourth-order valence-electron chi connectivity index (χ4n) is 2.26. The van der Waals surface area contributed by atoms with Crippen molar-refractivity contribution in [1.29, 1.82) is 0 Å². The lowest BCUT2D eigenvalue weighted by atomic mass is 10.2. The maximum atomic E-state index is 12.0. The van der Waals surface area contributed by atoms with E-state index in [1.807, 2.05) is 31.1 Å². The number of benzene rings is 2. The summed E-state index contributed by atoms with van der Waals surface area (Å²) in [6.45, 7) is -0.788. The molecule has 0 radical (unpaired) electrons. The minimum absolute atomic E-state index is 0.346. The molecule has 2 amide bonds. The summed E-state index contributed by atoms with van der Waals surface area (Å²) in [4.78, 5) is 37.5. The van der Waals surface area contributed by atoms with Crippen LogP contribution in [-0.4, -0.2) is 52.1 Å². The van der Waals surface area contributed by atoms with E-state index in [0.717, 1.165) is 5.69 Å². The number of nitrogens with zero attached hydrogens (tertiary/aromatic N) is 1. The minimum atomic E-state index is -0.714. The van der Waals surface area contributed by atoms with E-state index >= 15 is 0 Å². The number of ether oxygens (including phenoxy) is 2. The van der Waals surface area contributed by atoms with Crippen LogP contribution in [0.3, 0.4) is 0 Å². The Morgan fingerprint density at radius 1 is 1.04 bits per heavy atom. The number of methoxy groups -OCH3 is 1. The second kappa shape index (κ2) is 9.96. The molecule has 0 heterocycles. The van der Waals surface area contributed by atoms with Crippen LogP contribution >= 0.6 is 0 Å². The highest BCUT2D eigenvalue weighted by Crippen LogP contribution is 2.15. The van der Waals surface area contributed by atoms with Crippen molar-refractivity contribution in [2.45, 2.75) is 0 Å². The van der Waals surface area contributed by atoms with Crippen LogP contribution in [0.2, 0.25) is 0 Å². The average molecular weight is 385 g/mol. The van der Waals surface area contributed by atoms with Gasteiger partial charge in [0.2, 0.25) is 0 Å². The molecular formula is C20H23N3O5. The lowest BCUT2D eigenvalue weighted by Crippen LogP contribution is -2.32. The number of nitrogens with one attached hydrogen (secondary N) is 2. The van der Waals surface area contributed by atoms with Gasteiger partial charge in [-0.25, -0.2) is 0 Å². The molecule has 0 saturated carbocycles. The largest absolute Gasteiger partial charge is 0.497 e. The van der Waals surface area contributed by atoms with Crippen molar-refractivity contribution in [1.82, 2.24) is 5.32 Å². The standard InChI is InChI=1S/C20H23N3O5/c1-23(2)16-9-7-15(8-10-16)22-18(24)13-28-19(25)12-21-20(26)14-5-4-6-17(11-14)27-3/h4-11H,12-13H2,1-3H3,(H,21,26)(H,22,24). The van der Waals surface area contributed by atoms with E-state index in [9.17, 15) is 14.4 Å². The molecule has 0 fully saturated rings. The maximum Gasteiger partial charge on any atom is 0.325 e. The first-order chi connectivity index (χ1) is 13.4. The first-order valence-corrected chi connectivity index (χ1v) is 8.54. The predicted molar refractivity (Wildman–Crippen MR) is 106 cm³/mol. The fourth-order valence-corrected chi connectivity index (χ4v) is 2.26. The quantitative estimate of drug-likeness (QED) is 0.671. The Bertz CT molecular complexity index is 834. The maximum absolute atomic E-state index is 12.0. The molecule has 8 heteroatoms. The zero-order valence-corrected chi connectivity index (χ0v) is 16.0. The third-order valence-electron chi connectivity index (χ3n) is 3.76. The fraction of sp³-hybridized carbons (Fsp3) is 0.250. The van der Waals surface area contributed by atoms with Crippen molar-refractivity contribution in [3.8, 4) is 5.75 Å². The van der Waals surface area contributed by atoms with Crippen LogP contribution in [-0.2, 0) is 14.3 Å². The first kappa shape index (κ1) is 20.8. The number of amides is 2. The topological polar surface area (TPSA) is 97.0 Å². The third kappa shape index (κ3) is 6.31. The van der Waals surface area contributed by atoms with Gasteiger partial charge in [0.25, 0.3) is 11.8 Å². The van der Waals surface area contributed by atoms with E-state index in [1.54, 1.807) is 36.4 Å². The van der Waals surface area contributed by atoms with Gasteiger partial charge >= 0.3 is 5.97 Å². The molecule has 2 aromatic rings. The highest BCUT2D eigenvalue weighted by molar-refractivity contribution is 5.97. The summed E-state index contributed by atoms with van der Waals surface area (Å²) in [5.74, 6) is -1.09. The minimum Gasteiger partial charge on any atom is -0.497 e. The Balaban J connectivity index is 1.74. The summed E-state index contributed by atoms with van der Waals surface area (Å²) in [5.41, 5.74) is 1.94. The molecule has 0 atom stereocenters. The number of hydrogen-bond acceptors (Lipinski definition) is 6. The second-order valence-electron chi connectivity index (χ2n) is 6.06. The SMILES string of the molecule is COc1cccc(C(=O)NCC(=O)OCC(=O)Nc2ccc(N(C)C)cc2)c1. The van der Waals surface area contributed by atoms with Gasteiger partial charge in [0.05, 0.1) is 7.11 Å². The number of carbonyl (C=O) groups is 3. The normalized spacial score (nSPS) is 9.96. The molecule has 148 valence electrons. The van der Waals surface area contributed by atoms with Crippen LogP contribution < -0.4 is 20.3 Å². The van der Waals surface area contributed by atoms with Crippen molar-refractivity contribution in [3.05, 3.63) is 54.1 Å². The van der Waals surface area contributed by atoms with E-state index in [0.29, 0.717) is 17.0 Å². The lowest BCUT2D eigenvalue weighted by Gasteiger charge is -2.13. The Morgan fingerprint density at radius 3 is 2.39 bits per heavy atom. The lowest BCUT2D eigenvalue weighted by molar-refractivity contribution is -0.146. The Kier molecular flexibility index (Phi) is 7.38. The van der Waals surface area contributed by atoms with Crippen LogP contribution in [0.1, 0.15) is 10.4 Å². The summed E-state index contributed by atoms with van der Waals surface area (Å²) >= 11 is 0. The number of rotatable bonds is 8. The predicted octanol–water partition coefficient (Wildman–Crippen LogP) is 1.67. The zero-order chi connectivity index (χ0) is 20.5. The molecule has 0 aliphatic carbocycles. The highest BCUT2D eigenvalue weighted by Gasteiger charge is 2.11. The van der Waals surface area contributed by atoms with Gasteiger partial charge in [0.1, 0.15) is 12.3 Å². The highest BCUT2D eigenvalue weighted by atomic mass is 16.5. The molecule has 2 N–H and O–H groups in total. The van der Waals surface area contributed by atoms with Crippen molar-refractivity contribution in [2.75, 3.05) is 44.6 Å². The van der Waals surface area contributed by atoms with E-state index in [2.05, 4.69) is 10.6 Å². The number of anilines is 2. The first-order valence-electron chi connectivity index (χ1n) is 8.54. The van der Waals surface area contributed by atoms with Gasteiger partial charge in [-0.15, -0.1) is 0 Å². The van der Waals surface area contributed by atoms with Crippen LogP contribution in [0, 0.1) is 0 Å². The molecular weight excluding hydrogens is 362 g/mol. The Morgan fingerprint density at radius 2 is 1.75 bits per heavy atom. The van der Waals surface area contributed by atoms with Gasteiger partial charge < -0.3 is 25.0 Å². The molecule has 0 unspecified atom stereocenters. The molecule has 0 aromatic heterocycles. The van der Waals surface area contributed by atoms with E-state index in [4.69, 9.17) is 9.47 Å². The summed E-state index contributed by atoms with van der Waals surface area (Å²) in [6, 6.07) is 13.7. The smallest absolute Gasteiger partial charge is 0.325 e. The van der Waals surface area contributed by atoms with Gasteiger partial charge in [-0.2, -0.15) is 0 Å². The summed E-state index contributed by atoms with van der Waals surface area (Å²) in [7, 11) is 5.33. The molecule has 2 aromatic carbocycles. The molecule has 0 aliphatic heterocycles. The summed E-state index contributed by atoms with van der Waals surface area (Å²) < 4.78 is 9.91. The van der Waals surface area contributed by atoms with Crippen molar-refractivity contribution < 1.29 is 23.9 Å². The average Bonchev–Trinajstić information content (AvgIpc) is 2.70. The van der Waals surface area contributed by atoms with Gasteiger partial charge in [0, 0.05) is 31.0 Å². The molecule has 2 rings (SSSR count). The number of hydrogen-bond donors (Lipinski definition) is 2. The van der Waals surface area contributed by atoms with Gasteiger partial charge in [-0.1, -0.05) is 6.07 Å². The van der Waals surface area contributed by atoms with Crippen LogP contribution in [0.4, 0.5) is 11.4 Å². The molecule has 0 aliphatic rings. The van der Waals surface area contributed by atoms with Crippen LogP contribution in [0.25, 0.3) is 0 Å². The Labute approximate surface area is 163 Å². The van der Waals surface area contributed by atoms with Crippen molar-refractivity contribution in [3.63, 3.8) is 0 Å². The van der Waals surface area contributed by atoms with Crippen molar-refractivity contribution >= 4 is 29.2 Å². The van der Waals surface area contributed by atoms with Gasteiger partial charge in [0.15, 0.2) is 6.61 Å². The van der Waals surface area contributed by atoms with Crippen LogP contribution in [0.15, 0.2) is 48.5 Å². The van der Waals surface area contributed by atoms with E-state index < -0.39 is 24.4 Å². The third-order valence-corrected chi connectivity index (χ3v) is 3.76. The number of esters is 1. The molecule has 0 spiro atoms. The number of carbonyl (C=O) groups excluding carboxylic acids is 3. The van der Waals surface area contributed by atoms with E-state index in [1.165, 1.54) is 7.11 Å². The second-order valence-corrected chi connectivity index (χ2v) is 6.06. The molecule has 28 heavy (non-hydrogen) atoms.